The van der Waals surface area contributed by atoms with Crippen molar-refractivity contribution in [3.05, 3.63) is 59.3 Å². The molecule has 1 amide bonds. The fraction of sp³-hybridized carbons (Fsp3) is 0.478. The van der Waals surface area contributed by atoms with Crippen LogP contribution in [-0.4, -0.2) is 40.3 Å². The fourth-order valence-electron chi connectivity index (χ4n) is 4.87. The van der Waals surface area contributed by atoms with Crippen molar-refractivity contribution in [3.8, 4) is 5.88 Å². The molecule has 6 nitrogen and oxygen atoms in total. The number of aromatic nitrogens is 1. The first kappa shape index (κ1) is 19.7. The van der Waals surface area contributed by atoms with Crippen LogP contribution in [0.1, 0.15) is 48.8 Å². The highest BCUT2D eigenvalue weighted by atomic mass is 16.6. The minimum Gasteiger partial charge on any atom is -0.481 e. The number of aliphatic hydroxyl groups is 1. The van der Waals surface area contributed by atoms with Gasteiger partial charge >= 0.3 is 6.09 Å². The molecule has 2 atom stereocenters. The molecule has 1 aromatic heterocycles. The predicted octanol–water partition coefficient (Wildman–Crippen LogP) is 3.94. The molecule has 29 heavy (non-hydrogen) atoms. The number of ether oxygens (including phenoxy) is 2. The lowest BCUT2D eigenvalue weighted by molar-refractivity contribution is -0.0900. The first-order chi connectivity index (χ1) is 14.0. The van der Waals surface area contributed by atoms with Crippen LogP contribution in [0.4, 0.5) is 4.79 Å². The van der Waals surface area contributed by atoms with Gasteiger partial charge in [0.05, 0.1) is 12.7 Å². The summed E-state index contributed by atoms with van der Waals surface area (Å²) in [5.74, 6) is 0.539. The molecule has 6 heteroatoms. The molecule has 0 aliphatic carbocycles. The van der Waals surface area contributed by atoms with E-state index < -0.39 is 5.60 Å². The van der Waals surface area contributed by atoms with Gasteiger partial charge < -0.3 is 19.5 Å². The summed E-state index contributed by atoms with van der Waals surface area (Å²) in [6.45, 7) is 2.23. The third-order valence-corrected chi connectivity index (χ3v) is 6.22. The van der Waals surface area contributed by atoms with E-state index in [1.165, 1.54) is 0 Å². The van der Waals surface area contributed by atoms with E-state index in [-0.39, 0.29) is 24.8 Å². The third-order valence-electron chi connectivity index (χ3n) is 6.22. The second-order valence-corrected chi connectivity index (χ2v) is 8.17. The van der Waals surface area contributed by atoms with Crippen LogP contribution < -0.4 is 4.74 Å². The van der Waals surface area contributed by atoms with E-state index in [2.05, 4.69) is 4.98 Å². The minimum absolute atomic E-state index is 0.0303. The maximum Gasteiger partial charge on any atom is 0.410 e. The molecular weight excluding hydrogens is 368 g/mol. The van der Waals surface area contributed by atoms with E-state index in [4.69, 9.17) is 9.47 Å². The summed E-state index contributed by atoms with van der Waals surface area (Å²) in [7, 11) is 1.58. The standard InChI is InChI=1S/C23H28N2O4/c1-16-11-21(28-2)24-14-20(16)23(27)12-18-9-6-10-19(13-23)25(18)22(26)29-15-17-7-4-3-5-8-17/h3-5,7-8,11,14,18-19,27H,6,9-10,12-13,15H2,1-2H3. The summed E-state index contributed by atoms with van der Waals surface area (Å²) in [4.78, 5) is 19.0. The number of piperidine rings is 2. The van der Waals surface area contributed by atoms with Gasteiger partial charge in [0.2, 0.25) is 5.88 Å². The Morgan fingerprint density at radius 2 is 1.93 bits per heavy atom. The highest BCUT2D eigenvalue weighted by molar-refractivity contribution is 5.69. The van der Waals surface area contributed by atoms with Gasteiger partial charge in [-0.1, -0.05) is 30.3 Å². The molecule has 0 saturated carbocycles. The maximum absolute atomic E-state index is 12.9. The van der Waals surface area contributed by atoms with Crippen LogP contribution in [0.15, 0.2) is 42.6 Å². The Morgan fingerprint density at radius 1 is 1.24 bits per heavy atom. The molecule has 1 aromatic carbocycles. The number of rotatable bonds is 4. The number of methoxy groups -OCH3 is 1. The second kappa shape index (κ2) is 8.03. The molecular formula is C23H28N2O4. The summed E-state index contributed by atoms with van der Waals surface area (Å²) in [5.41, 5.74) is 1.76. The summed E-state index contributed by atoms with van der Waals surface area (Å²) in [6.07, 6.45) is 5.25. The number of pyridine rings is 1. The van der Waals surface area contributed by atoms with Crippen molar-refractivity contribution >= 4 is 6.09 Å². The summed E-state index contributed by atoms with van der Waals surface area (Å²) >= 11 is 0. The zero-order chi connectivity index (χ0) is 20.4. The van der Waals surface area contributed by atoms with E-state index in [1.54, 1.807) is 13.3 Å². The van der Waals surface area contributed by atoms with Crippen molar-refractivity contribution in [2.45, 2.75) is 63.3 Å². The Balaban J connectivity index is 1.50. The van der Waals surface area contributed by atoms with E-state index in [1.807, 2.05) is 48.2 Å². The second-order valence-electron chi connectivity index (χ2n) is 8.17. The largest absolute Gasteiger partial charge is 0.481 e. The van der Waals surface area contributed by atoms with Crippen LogP contribution in [-0.2, 0) is 16.9 Å². The minimum atomic E-state index is -0.991. The molecule has 2 aliphatic rings. The smallest absolute Gasteiger partial charge is 0.410 e. The molecule has 2 saturated heterocycles. The molecule has 1 N–H and O–H groups in total. The molecule has 0 spiro atoms. The van der Waals surface area contributed by atoms with Crippen LogP contribution in [0, 0.1) is 6.92 Å². The molecule has 3 heterocycles. The number of amides is 1. The Kier molecular flexibility index (Phi) is 5.46. The van der Waals surface area contributed by atoms with Crippen molar-refractivity contribution in [2.24, 2.45) is 0 Å². The predicted molar refractivity (Wildman–Crippen MR) is 109 cm³/mol. The van der Waals surface area contributed by atoms with Gasteiger partial charge in [0.15, 0.2) is 0 Å². The fourth-order valence-corrected chi connectivity index (χ4v) is 4.87. The number of carbonyl (C=O) groups is 1. The average molecular weight is 396 g/mol. The molecule has 2 bridgehead atoms. The van der Waals surface area contributed by atoms with Crippen LogP contribution in [0.25, 0.3) is 0 Å². The first-order valence-electron chi connectivity index (χ1n) is 10.2. The van der Waals surface area contributed by atoms with Crippen LogP contribution >= 0.6 is 0 Å². The Labute approximate surface area is 171 Å². The van der Waals surface area contributed by atoms with Crippen molar-refractivity contribution in [3.63, 3.8) is 0 Å². The van der Waals surface area contributed by atoms with Gasteiger partial charge in [-0.05, 0) is 37.3 Å². The van der Waals surface area contributed by atoms with Gasteiger partial charge in [0.25, 0.3) is 0 Å². The normalized spacial score (nSPS) is 26.1. The zero-order valence-electron chi connectivity index (χ0n) is 17.0. The average Bonchev–Trinajstić information content (AvgIpc) is 2.72. The highest BCUT2D eigenvalue weighted by Crippen LogP contribution is 2.45. The summed E-state index contributed by atoms with van der Waals surface area (Å²) < 4.78 is 10.8. The third kappa shape index (κ3) is 3.94. The lowest BCUT2D eigenvalue weighted by Gasteiger charge is -2.51. The van der Waals surface area contributed by atoms with Gasteiger partial charge in [-0.2, -0.15) is 0 Å². The Bertz CT molecular complexity index is 856. The van der Waals surface area contributed by atoms with Crippen molar-refractivity contribution < 1.29 is 19.4 Å². The van der Waals surface area contributed by atoms with Crippen molar-refractivity contribution in [2.75, 3.05) is 7.11 Å². The molecule has 2 aromatic rings. The zero-order valence-corrected chi connectivity index (χ0v) is 17.0. The summed E-state index contributed by atoms with van der Waals surface area (Å²) in [6, 6.07) is 11.5. The van der Waals surface area contributed by atoms with Gasteiger partial charge in [-0.15, -0.1) is 0 Å². The number of carbonyl (C=O) groups excluding carboxylic acids is 1. The molecule has 2 unspecified atom stereocenters. The van der Waals surface area contributed by atoms with Gasteiger partial charge in [-0.25, -0.2) is 9.78 Å². The molecule has 2 fully saturated rings. The summed E-state index contributed by atoms with van der Waals surface area (Å²) in [5, 5.41) is 11.5. The van der Waals surface area contributed by atoms with E-state index in [0.717, 1.165) is 36.0 Å². The van der Waals surface area contributed by atoms with Gasteiger partial charge in [0.1, 0.15) is 6.61 Å². The Morgan fingerprint density at radius 3 is 2.55 bits per heavy atom. The van der Waals surface area contributed by atoms with E-state index in [0.29, 0.717) is 18.7 Å². The van der Waals surface area contributed by atoms with Crippen LogP contribution in [0.2, 0.25) is 0 Å². The van der Waals surface area contributed by atoms with E-state index in [9.17, 15) is 9.90 Å². The SMILES string of the molecule is COc1cc(C)c(C2(O)CC3CCCC(C2)N3C(=O)OCc2ccccc2)cn1. The topological polar surface area (TPSA) is 71.9 Å². The highest BCUT2D eigenvalue weighted by Gasteiger charge is 2.49. The quantitative estimate of drug-likeness (QED) is 0.848. The molecule has 4 rings (SSSR count). The van der Waals surface area contributed by atoms with E-state index >= 15 is 0 Å². The van der Waals surface area contributed by atoms with Crippen LogP contribution in [0.3, 0.4) is 0 Å². The Hall–Kier alpha value is -2.60. The number of nitrogens with zero attached hydrogens (tertiary/aromatic N) is 2. The van der Waals surface area contributed by atoms with Gasteiger partial charge in [-0.3, -0.25) is 0 Å². The number of fused-ring (bicyclic) bond motifs is 2. The van der Waals surface area contributed by atoms with Gasteiger partial charge in [0, 0.05) is 42.8 Å². The monoisotopic (exact) mass is 396 g/mol. The van der Waals surface area contributed by atoms with Crippen LogP contribution in [0.5, 0.6) is 5.88 Å². The first-order valence-corrected chi connectivity index (χ1v) is 10.2. The number of hydrogen-bond donors (Lipinski definition) is 1. The van der Waals surface area contributed by atoms with Crippen molar-refractivity contribution in [1.82, 2.24) is 9.88 Å². The number of aryl methyl sites for hydroxylation is 1. The maximum atomic E-state index is 12.9. The molecule has 2 aliphatic heterocycles. The van der Waals surface area contributed by atoms with Crippen molar-refractivity contribution in [1.29, 1.82) is 0 Å². The lowest BCUT2D eigenvalue weighted by atomic mass is 9.72. The lowest BCUT2D eigenvalue weighted by Crippen LogP contribution is -2.59. The number of benzene rings is 1. The number of hydrogen-bond acceptors (Lipinski definition) is 5. The molecule has 154 valence electrons. The molecule has 0 radical (unpaired) electrons.